The number of hydrogen-bond acceptors (Lipinski definition) is 3. The third kappa shape index (κ3) is 0.621. The van der Waals surface area contributed by atoms with Crippen molar-refractivity contribution >= 4 is 0 Å². The van der Waals surface area contributed by atoms with Crippen LogP contribution in [-0.4, -0.2) is 20.4 Å². The summed E-state index contributed by atoms with van der Waals surface area (Å²) in [5, 5.41) is 16.0. The van der Waals surface area contributed by atoms with Crippen molar-refractivity contribution in [2.75, 3.05) is 0 Å². The lowest BCUT2D eigenvalue weighted by molar-refractivity contribution is 0.104. The van der Waals surface area contributed by atoms with Crippen LogP contribution in [-0.2, 0) is 0 Å². The van der Waals surface area contributed by atoms with Gasteiger partial charge in [0.05, 0.1) is 11.9 Å². The molecule has 0 unspecified atom stereocenters. The summed E-state index contributed by atoms with van der Waals surface area (Å²) in [6.45, 7) is 0. The van der Waals surface area contributed by atoms with Gasteiger partial charge in [-0.15, -0.1) is 10.2 Å². The van der Waals surface area contributed by atoms with Crippen molar-refractivity contribution in [1.29, 1.82) is 0 Å². The quantitative estimate of drug-likeness (QED) is 0.539. The first kappa shape index (κ1) is 5.22. The molecule has 1 heterocycles. The van der Waals surface area contributed by atoms with Crippen molar-refractivity contribution in [3.05, 3.63) is 24.4 Å². The van der Waals surface area contributed by atoms with Crippen LogP contribution in [0.15, 0.2) is 24.4 Å². The molecule has 0 saturated carbocycles. The van der Waals surface area contributed by atoms with Crippen molar-refractivity contribution in [2.24, 2.45) is 0 Å². The molecule has 2 rings (SSSR count). The van der Waals surface area contributed by atoms with Gasteiger partial charge in [0.2, 0.25) is 0 Å². The van der Waals surface area contributed by atoms with Crippen LogP contribution in [0.2, 0.25) is 0 Å². The standard InChI is InChI=1S/C6H5N3O/c10-9-7-4-5-2-1-3-6(5)8-9/h1-4,10H. The van der Waals surface area contributed by atoms with E-state index in [1.807, 2.05) is 18.2 Å². The van der Waals surface area contributed by atoms with Crippen LogP contribution < -0.4 is 0 Å². The monoisotopic (exact) mass is 135 g/mol. The van der Waals surface area contributed by atoms with Crippen LogP contribution >= 0.6 is 0 Å². The van der Waals surface area contributed by atoms with Gasteiger partial charge in [-0.3, -0.25) is 0 Å². The Bertz CT molecular complexity index is 317. The highest BCUT2D eigenvalue weighted by Gasteiger charge is 2.02. The highest BCUT2D eigenvalue weighted by Crippen LogP contribution is 2.16. The third-order valence-electron chi connectivity index (χ3n) is 1.32. The van der Waals surface area contributed by atoms with Gasteiger partial charge in [-0.1, -0.05) is 12.1 Å². The zero-order valence-corrected chi connectivity index (χ0v) is 5.10. The Kier molecular flexibility index (Phi) is 0.887. The molecule has 50 valence electrons. The Labute approximate surface area is 57.0 Å². The van der Waals surface area contributed by atoms with Crippen LogP contribution in [0.3, 0.4) is 0 Å². The third-order valence-corrected chi connectivity index (χ3v) is 1.32. The molecule has 4 heteroatoms. The van der Waals surface area contributed by atoms with E-state index in [-0.39, 0.29) is 0 Å². The lowest BCUT2D eigenvalue weighted by Crippen LogP contribution is -2.03. The van der Waals surface area contributed by atoms with E-state index in [9.17, 15) is 0 Å². The van der Waals surface area contributed by atoms with Crippen LogP contribution in [0, 0.1) is 0 Å². The van der Waals surface area contributed by atoms with Gasteiger partial charge in [0.15, 0.2) is 0 Å². The van der Waals surface area contributed by atoms with Crippen molar-refractivity contribution in [3.63, 3.8) is 0 Å². The molecule has 2 aliphatic rings. The molecular formula is C6H5N3O. The number of nitrogens with zero attached hydrogens (tertiary/aromatic N) is 3. The summed E-state index contributed by atoms with van der Waals surface area (Å²) < 4.78 is 0. The fraction of sp³-hybridized carbons (Fsp3) is 0. The Hall–Kier alpha value is -1.58. The number of hydrogen-bond donors (Lipinski definition) is 1. The van der Waals surface area contributed by atoms with Gasteiger partial charge in [-0.25, -0.2) is 0 Å². The molecule has 0 fully saturated rings. The minimum absolute atomic E-state index is 0.558. The molecule has 1 N–H and O–H groups in total. The first-order valence-electron chi connectivity index (χ1n) is 2.86. The van der Waals surface area contributed by atoms with Gasteiger partial charge in [0.25, 0.3) is 0 Å². The average molecular weight is 135 g/mol. The van der Waals surface area contributed by atoms with Gasteiger partial charge in [-0.2, -0.15) is 0 Å². The molecule has 0 amide bonds. The van der Waals surface area contributed by atoms with Crippen molar-refractivity contribution in [2.45, 2.75) is 0 Å². The highest BCUT2D eigenvalue weighted by molar-refractivity contribution is 5.59. The molecule has 4 nitrogen and oxygen atoms in total. The lowest BCUT2D eigenvalue weighted by Gasteiger charge is -1.96. The number of rotatable bonds is 0. The van der Waals surface area contributed by atoms with E-state index < -0.39 is 0 Å². The van der Waals surface area contributed by atoms with E-state index in [1.165, 1.54) is 0 Å². The minimum atomic E-state index is 0.558. The Morgan fingerprint density at radius 1 is 1.40 bits per heavy atom. The molecule has 0 atom stereocenters. The van der Waals surface area contributed by atoms with Crippen LogP contribution in [0.1, 0.15) is 0 Å². The maximum Gasteiger partial charge on any atom is 0.0976 e. The van der Waals surface area contributed by atoms with E-state index in [1.54, 1.807) is 6.20 Å². The molecule has 1 aliphatic carbocycles. The normalized spacial score (nSPS) is 10.4. The second kappa shape index (κ2) is 1.70. The molecule has 0 spiro atoms. The number of fused-ring (bicyclic) bond motifs is 1. The van der Waals surface area contributed by atoms with Gasteiger partial charge in [-0.05, 0) is 11.0 Å². The van der Waals surface area contributed by atoms with Crippen molar-refractivity contribution in [1.82, 2.24) is 15.2 Å². The summed E-state index contributed by atoms with van der Waals surface area (Å²) in [7, 11) is 0. The second-order valence-corrected chi connectivity index (χ2v) is 1.98. The zero-order valence-electron chi connectivity index (χ0n) is 5.10. The first-order chi connectivity index (χ1) is 4.86. The predicted molar refractivity (Wildman–Crippen MR) is 33.8 cm³/mol. The Balaban J connectivity index is 2.75. The highest BCUT2D eigenvalue weighted by atomic mass is 16.5. The second-order valence-electron chi connectivity index (χ2n) is 1.98. The molecule has 0 bridgehead atoms. The smallest absolute Gasteiger partial charge is 0.0976 e. The SMILES string of the molecule is On1ncc2cccc-2n1. The summed E-state index contributed by atoms with van der Waals surface area (Å²) in [5.74, 6) is 0. The molecule has 10 heavy (non-hydrogen) atoms. The maximum atomic E-state index is 8.74. The summed E-state index contributed by atoms with van der Waals surface area (Å²) in [6.07, 6.45) is 1.56. The van der Waals surface area contributed by atoms with E-state index >= 15 is 0 Å². The molecule has 0 aromatic heterocycles. The predicted octanol–water partition coefficient (Wildman–Crippen LogP) is 0.620. The van der Waals surface area contributed by atoms with Gasteiger partial charge in [0.1, 0.15) is 0 Å². The van der Waals surface area contributed by atoms with E-state index in [4.69, 9.17) is 5.21 Å². The summed E-state index contributed by atoms with van der Waals surface area (Å²) in [4.78, 5) is 0.558. The summed E-state index contributed by atoms with van der Waals surface area (Å²) in [5.41, 5.74) is 1.68. The minimum Gasteiger partial charge on any atom is -0.396 e. The fourth-order valence-electron chi connectivity index (χ4n) is 0.861. The van der Waals surface area contributed by atoms with Crippen LogP contribution in [0.25, 0.3) is 11.3 Å². The average Bonchev–Trinajstić information content (AvgIpc) is 2.33. The Morgan fingerprint density at radius 2 is 2.30 bits per heavy atom. The van der Waals surface area contributed by atoms with Crippen molar-refractivity contribution < 1.29 is 5.21 Å². The topological polar surface area (TPSA) is 50.9 Å². The summed E-state index contributed by atoms with van der Waals surface area (Å²) >= 11 is 0. The van der Waals surface area contributed by atoms with Gasteiger partial charge in [0, 0.05) is 5.56 Å². The Morgan fingerprint density at radius 3 is 3.20 bits per heavy atom. The van der Waals surface area contributed by atoms with E-state index in [0.717, 1.165) is 11.3 Å². The fourth-order valence-corrected chi connectivity index (χ4v) is 0.861. The molecule has 0 radical (unpaired) electrons. The summed E-state index contributed by atoms with van der Waals surface area (Å²) in [6, 6.07) is 5.55. The van der Waals surface area contributed by atoms with E-state index in [0.29, 0.717) is 4.96 Å². The van der Waals surface area contributed by atoms with Gasteiger partial charge < -0.3 is 5.21 Å². The van der Waals surface area contributed by atoms with Gasteiger partial charge >= 0.3 is 0 Å². The molecule has 0 aromatic rings. The maximum absolute atomic E-state index is 8.74. The lowest BCUT2D eigenvalue weighted by atomic mass is 10.3. The van der Waals surface area contributed by atoms with E-state index in [2.05, 4.69) is 10.2 Å². The van der Waals surface area contributed by atoms with Crippen LogP contribution in [0.5, 0.6) is 0 Å². The molecule has 0 saturated heterocycles. The first-order valence-corrected chi connectivity index (χ1v) is 2.86. The molecule has 0 aromatic carbocycles. The zero-order chi connectivity index (χ0) is 6.97. The number of aromatic nitrogens is 3. The molecule has 1 aliphatic heterocycles. The van der Waals surface area contributed by atoms with Crippen LogP contribution in [0.4, 0.5) is 0 Å². The molecular weight excluding hydrogens is 130 g/mol. The van der Waals surface area contributed by atoms with Crippen molar-refractivity contribution in [3.8, 4) is 11.3 Å². The largest absolute Gasteiger partial charge is 0.396 e.